The van der Waals surface area contributed by atoms with E-state index in [1.165, 1.54) is 15.3 Å². The molecule has 92 valence electrons. The minimum absolute atomic E-state index is 0.872. The third kappa shape index (κ3) is 3.72. The summed E-state index contributed by atoms with van der Waals surface area (Å²) in [6.45, 7) is 3.07. The van der Waals surface area contributed by atoms with Gasteiger partial charge in [-0.15, -0.1) is 0 Å². The van der Waals surface area contributed by atoms with E-state index in [1.54, 1.807) is 0 Å². The maximum Gasteiger partial charge on any atom is 0.544 e. The van der Waals surface area contributed by atoms with Crippen molar-refractivity contribution >= 4 is 23.3 Å². The van der Waals surface area contributed by atoms with Gasteiger partial charge in [0.2, 0.25) is 0 Å². The fourth-order valence-electron chi connectivity index (χ4n) is 1.99. The summed E-state index contributed by atoms with van der Waals surface area (Å²) in [5.41, 5.74) is 0. The number of hydrogen-bond donors (Lipinski definition) is 0. The van der Waals surface area contributed by atoms with Gasteiger partial charge < -0.3 is 3.79 Å². The highest BCUT2D eigenvalue weighted by Gasteiger charge is 2.25. The van der Waals surface area contributed by atoms with Crippen LogP contribution in [-0.2, 0) is 3.79 Å². The molecular formula is C16H19AlO. The third-order valence-electron chi connectivity index (χ3n) is 2.99. The van der Waals surface area contributed by atoms with Crippen LogP contribution < -0.4 is 8.85 Å². The van der Waals surface area contributed by atoms with Crippen LogP contribution in [0.15, 0.2) is 60.7 Å². The molecule has 0 spiro atoms. The first-order valence-corrected chi connectivity index (χ1v) is 8.26. The molecule has 2 rings (SSSR count). The van der Waals surface area contributed by atoms with Crippen molar-refractivity contribution in [2.24, 2.45) is 0 Å². The average molecular weight is 254 g/mol. The van der Waals surface area contributed by atoms with Gasteiger partial charge in [-0.05, 0) is 6.42 Å². The zero-order chi connectivity index (χ0) is 12.6. The predicted octanol–water partition coefficient (Wildman–Crippen LogP) is 2.61. The van der Waals surface area contributed by atoms with E-state index in [0.29, 0.717) is 0 Å². The molecule has 0 unspecified atom stereocenters. The van der Waals surface area contributed by atoms with Crippen molar-refractivity contribution in [1.82, 2.24) is 0 Å². The molecule has 0 atom stereocenters. The minimum atomic E-state index is -1.48. The number of rotatable bonds is 6. The van der Waals surface area contributed by atoms with Gasteiger partial charge in [0.05, 0.1) is 0 Å². The van der Waals surface area contributed by atoms with Gasteiger partial charge in [0.15, 0.2) is 0 Å². The van der Waals surface area contributed by atoms with Crippen LogP contribution >= 0.6 is 0 Å². The SMILES string of the molecule is CCCC[O][Al]([c]1ccccc1)[c]1ccccc1. The Bertz CT molecular complexity index is 402. The maximum absolute atomic E-state index is 6.19. The fraction of sp³-hybridized carbons (Fsp3) is 0.250. The molecule has 18 heavy (non-hydrogen) atoms. The quantitative estimate of drug-likeness (QED) is 0.569. The molecular weight excluding hydrogens is 235 g/mol. The molecule has 0 saturated heterocycles. The zero-order valence-corrected chi connectivity index (χ0v) is 12.0. The highest BCUT2D eigenvalue weighted by Crippen LogP contribution is 1.97. The summed E-state index contributed by atoms with van der Waals surface area (Å²) in [5.74, 6) is 0. The van der Waals surface area contributed by atoms with Gasteiger partial charge in [-0.25, -0.2) is 0 Å². The van der Waals surface area contributed by atoms with Crippen LogP contribution in [0.2, 0.25) is 0 Å². The molecule has 0 aliphatic heterocycles. The van der Waals surface area contributed by atoms with Crippen LogP contribution in [-0.4, -0.2) is 21.1 Å². The molecule has 0 fully saturated rings. The summed E-state index contributed by atoms with van der Waals surface area (Å²) >= 11 is -1.48. The Morgan fingerprint density at radius 2 is 1.33 bits per heavy atom. The molecule has 0 saturated carbocycles. The minimum Gasteiger partial charge on any atom is -0.494 e. The van der Waals surface area contributed by atoms with Crippen LogP contribution in [0.1, 0.15) is 19.8 Å². The molecule has 2 aromatic carbocycles. The van der Waals surface area contributed by atoms with E-state index in [4.69, 9.17) is 3.79 Å². The van der Waals surface area contributed by atoms with Crippen LogP contribution in [0.3, 0.4) is 0 Å². The number of benzene rings is 2. The Balaban J connectivity index is 2.18. The van der Waals surface area contributed by atoms with E-state index >= 15 is 0 Å². The smallest absolute Gasteiger partial charge is 0.494 e. The van der Waals surface area contributed by atoms with Gasteiger partial charge in [-0.1, -0.05) is 82.9 Å². The largest absolute Gasteiger partial charge is 0.544 e. The first kappa shape index (κ1) is 13.4. The van der Waals surface area contributed by atoms with Crippen LogP contribution in [0.25, 0.3) is 0 Å². The Labute approximate surface area is 114 Å². The molecule has 0 aliphatic rings. The van der Waals surface area contributed by atoms with Crippen LogP contribution in [0.5, 0.6) is 0 Å². The zero-order valence-electron chi connectivity index (χ0n) is 10.9. The van der Waals surface area contributed by atoms with Crippen molar-refractivity contribution < 1.29 is 3.79 Å². The lowest BCUT2D eigenvalue weighted by Gasteiger charge is -2.13. The lowest BCUT2D eigenvalue weighted by Crippen LogP contribution is -2.45. The summed E-state index contributed by atoms with van der Waals surface area (Å²) in [7, 11) is 0. The van der Waals surface area contributed by atoms with E-state index < -0.39 is 14.5 Å². The lowest BCUT2D eigenvalue weighted by atomic mass is 10.4. The summed E-state index contributed by atoms with van der Waals surface area (Å²) in [5, 5.41) is 0. The fourth-order valence-corrected chi connectivity index (χ4v) is 4.30. The summed E-state index contributed by atoms with van der Waals surface area (Å²) in [6.07, 6.45) is 2.33. The lowest BCUT2D eigenvalue weighted by molar-refractivity contribution is 0.324. The Kier molecular flexibility index (Phi) is 5.48. The van der Waals surface area contributed by atoms with E-state index in [1.807, 2.05) is 0 Å². The molecule has 0 heterocycles. The molecule has 1 nitrogen and oxygen atoms in total. The topological polar surface area (TPSA) is 9.23 Å². The molecule has 2 aromatic rings. The van der Waals surface area contributed by atoms with E-state index in [2.05, 4.69) is 67.6 Å². The normalized spacial score (nSPS) is 10.3. The highest BCUT2D eigenvalue weighted by atomic mass is 27.2. The van der Waals surface area contributed by atoms with Gasteiger partial charge in [0.1, 0.15) is 0 Å². The number of hydrogen-bond acceptors (Lipinski definition) is 1. The molecule has 0 bridgehead atoms. The highest BCUT2D eigenvalue weighted by molar-refractivity contribution is 6.80. The summed E-state index contributed by atoms with van der Waals surface area (Å²) in [6, 6.07) is 21.3. The Morgan fingerprint density at radius 1 is 0.833 bits per heavy atom. The Hall–Kier alpha value is -1.07. The van der Waals surface area contributed by atoms with Gasteiger partial charge in [-0.3, -0.25) is 0 Å². The van der Waals surface area contributed by atoms with Crippen molar-refractivity contribution in [3.63, 3.8) is 0 Å². The Morgan fingerprint density at radius 3 is 1.78 bits per heavy atom. The maximum atomic E-state index is 6.19. The van der Waals surface area contributed by atoms with E-state index in [0.717, 1.165) is 13.0 Å². The summed E-state index contributed by atoms with van der Waals surface area (Å²) in [4.78, 5) is 0. The first-order valence-electron chi connectivity index (χ1n) is 6.63. The van der Waals surface area contributed by atoms with E-state index in [9.17, 15) is 0 Å². The van der Waals surface area contributed by atoms with Crippen molar-refractivity contribution in [2.75, 3.05) is 6.61 Å². The van der Waals surface area contributed by atoms with E-state index in [-0.39, 0.29) is 0 Å². The van der Waals surface area contributed by atoms with Crippen molar-refractivity contribution in [1.29, 1.82) is 0 Å². The van der Waals surface area contributed by atoms with Gasteiger partial charge in [-0.2, -0.15) is 0 Å². The molecule has 0 N–H and O–H groups in total. The van der Waals surface area contributed by atoms with Crippen molar-refractivity contribution in [3.8, 4) is 0 Å². The standard InChI is InChI=1S/2C6H5.C4H9O.Al/c2*1-2-4-6-5-3-1;1-2-3-4-5;/h2*1-5H;2-4H2,1H3;/q;;-1;+1. The second kappa shape index (κ2) is 7.39. The predicted molar refractivity (Wildman–Crippen MR) is 78.8 cm³/mol. The first-order chi connectivity index (χ1) is 8.92. The molecule has 0 aromatic heterocycles. The molecule has 0 radical (unpaired) electrons. The van der Waals surface area contributed by atoms with Gasteiger partial charge in [0.25, 0.3) is 0 Å². The monoisotopic (exact) mass is 254 g/mol. The van der Waals surface area contributed by atoms with Crippen molar-refractivity contribution in [2.45, 2.75) is 19.8 Å². The molecule has 0 aliphatic carbocycles. The van der Waals surface area contributed by atoms with Crippen molar-refractivity contribution in [3.05, 3.63) is 60.7 Å². The second-order valence-corrected chi connectivity index (χ2v) is 6.85. The molecule has 2 heteroatoms. The number of unbranched alkanes of at least 4 members (excludes halogenated alkanes) is 1. The van der Waals surface area contributed by atoms with Crippen LogP contribution in [0, 0.1) is 0 Å². The van der Waals surface area contributed by atoms with Gasteiger partial charge in [0, 0.05) is 6.61 Å². The van der Waals surface area contributed by atoms with Gasteiger partial charge >= 0.3 is 14.5 Å². The second-order valence-electron chi connectivity index (χ2n) is 4.43. The third-order valence-corrected chi connectivity index (χ3v) is 5.54. The average Bonchev–Trinajstić information content (AvgIpc) is 2.46. The summed E-state index contributed by atoms with van der Waals surface area (Å²) < 4.78 is 8.92. The van der Waals surface area contributed by atoms with Crippen LogP contribution in [0.4, 0.5) is 0 Å². The molecule has 0 amide bonds.